The van der Waals surface area contributed by atoms with Crippen LogP contribution in [0.2, 0.25) is 0 Å². The first-order valence-electron chi connectivity index (χ1n) is 4.84. The van der Waals surface area contributed by atoms with Gasteiger partial charge in [-0.3, -0.25) is 4.79 Å². The van der Waals surface area contributed by atoms with Gasteiger partial charge < -0.3 is 4.90 Å². The SMILES string of the molecule is CC(C)CN1CCC(=O)C(C)C1. The van der Waals surface area contributed by atoms with Crippen LogP contribution >= 0.6 is 0 Å². The lowest BCUT2D eigenvalue weighted by atomic mass is 9.98. The van der Waals surface area contributed by atoms with Crippen molar-refractivity contribution >= 4 is 5.78 Å². The van der Waals surface area contributed by atoms with Crippen LogP contribution in [0.25, 0.3) is 0 Å². The molecule has 0 spiro atoms. The highest BCUT2D eigenvalue weighted by atomic mass is 16.1. The fourth-order valence-electron chi connectivity index (χ4n) is 1.78. The molecular formula is C10H19NO. The van der Waals surface area contributed by atoms with E-state index in [0.717, 1.165) is 26.1 Å². The number of carbonyl (C=O) groups excluding carboxylic acids is 1. The number of rotatable bonds is 2. The first-order chi connectivity index (χ1) is 5.59. The second-order valence-electron chi connectivity index (χ2n) is 4.27. The zero-order valence-corrected chi connectivity index (χ0v) is 8.34. The minimum Gasteiger partial charge on any atom is -0.302 e. The highest BCUT2D eigenvalue weighted by molar-refractivity contribution is 5.81. The molecule has 0 saturated carbocycles. The van der Waals surface area contributed by atoms with Crippen molar-refractivity contribution in [2.45, 2.75) is 27.2 Å². The second-order valence-corrected chi connectivity index (χ2v) is 4.27. The van der Waals surface area contributed by atoms with Crippen LogP contribution in [0.15, 0.2) is 0 Å². The predicted molar refractivity (Wildman–Crippen MR) is 50.1 cm³/mol. The largest absolute Gasteiger partial charge is 0.302 e. The highest BCUT2D eigenvalue weighted by Crippen LogP contribution is 2.13. The first kappa shape index (κ1) is 9.72. The maximum absolute atomic E-state index is 11.2. The third kappa shape index (κ3) is 2.59. The Bertz CT molecular complexity index is 165. The van der Waals surface area contributed by atoms with Crippen molar-refractivity contribution in [1.29, 1.82) is 0 Å². The van der Waals surface area contributed by atoms with E-state index in [9.17, 15) is 4.79 Å². The van der Waals surface area contributed by atoms with E-state index in [1.54, 1.807) is 0 Å². The third-order valence-corrected chi connectivity index (χ3v) is 2.38. The molecule has 0 aromatic rings. The lowest BCUT2D eigenvalue weighted by Crippen LogP contribution is -2.41. The molecule has 0 N–H and O–H groups in total. The Morgan fingerprint density at radius 3 is 2.75 bits per heavy atom. The van der Waals surface area contributed by atoms with Gasteiger partial charge in [-0.2, -0.15) is 0 Å². The molecule has 2 nitrogen and oxygen atoms in total. The summed E-state index contributed by atoms with van der Waals surface area (Å²) in [5.74, 6) is 1.41. The van der Waals surface area contributed by atoms with E-state index in [-0.39, 0.29) is 5.92 Å². The van der Waals surface area contributed by atoms with Gasteiger partial charge >= 0.3 is 0 Å². The molecule has 1 unspecified atom stereocenters. The van der Waals surface area contributed by atoms with Crippen LogP contribution in [0.1, 0.15) is 27.2 Å². The van der Waals surface area contributed by atoms with Crippen molar-refractivity contribution in [2.24, 2.45) is 11.8 Å². The summed E-state index contributed by atoms with van der Waals surface area (Å²) in [5.41, 5.74) is 0. The molecule has 0 bridgehead atoms. The van der Waals surface area contributed by atoms with Crippen molar-refractivity contribution in [3.8, 4) is 0 Å². The van der Waals surface area contributed by atoms with Crippen LogP contribution in [0.5, 0.6) is 0 Å². The normalized spacial score (nSPS) is 26.7. The van der Waals surface area contributed by atoms with Crippen molar-refractivity contribution in [3.63, 3.8) is 0 Å². The summed E-state index contributed by atoms with van der Waals surface area (Å²) in [4.78, 5) is 13.6. The number of likely N-dealkylation sites (tertiary alicyclic amines) is 1. The molecule has 12 heavy (non-hydrogen) atoms. The zero-order chi connectivity index (χ0) is 9.14. The number of hydrogen-bond donors (Lipinski definition) is 0. The van der Waals surface area contributed by atoms with Crippen LogP contribution in [-0.2, 0) is 4.79 Å². The monoisotopic (exact) mass is 169 g/mol. The number of hydrogen-bond acceptors (Lipinski definition) is 2. The predicted octanol–water partition coefficient (Wildman–Crippen LogP) is 1.55. The van der Waals surface area contributed by atoms with Crippen molar-refractivity contribution < 1.29 is 4.79 Å². The Kier molecular flexibility index (Phi) is 3.27. The summed E-state index contributed by atoms with van der Waals surface area (Å²) in [7, 11) is 0. The summed E-state index contributed by atoms with van der Waals surface area (Å²) in [6.07, 6.45) is 0.758. The third-order valence-electron chi connectivity index (χ3n) is 2.38. The summed E-state index contributed by atoms with van der Waals surface area (Å²) in [6.45, 7) is 9.56. The van der Waals surface area contributed by atoms with Gasteiger partial charge in [0.05, 0.1) is 0 Å². The molecule has 1 saturated heterocycles. The van der Waals surface area contributed by atoms with Gasteiger partial charge in [-0.25, -0.2) is 0 Å². The van der Waals surface area contributed by atoms with Gasteiger partial charge in [0.25, 0.3) is 0 Å². The number of ketones is 1. The molecule has 0 aromatic heterocycles. The van der Waals surface area contributed by atoms with E-state index >= 15 is 0 Å². The minimum atomic E-state index is 0.262. The summed E-state index contributed by atoms with van der Waals surface area (Å²) in [5, 5.41) is 0. The summed E-state index contributed by atoms with van der Waals surface area (Å²) >= 11 is 0. The van der Waals surface area contributed by atoms with Crippen molar-refractivity contribution in [3.05, 3.63) is 0 Å². The number of nitrogens with zero attached hydrogens (tertiary/aromatic N) is 1. The molecule has 1 heterocycles. The van der Waals surface area contributed by atoms with Crippen molar-refractivity contribution in [2.75, 3.05) is 19.6 Å². The van der Waals surface area contributed by atoms with Crippen LogP contribution in [0, 0.1) is 11.8 Å². The average Bonchev–Trinajstić information content (AvgIpc) is 1.96. The fraction of sp³-hybridized carbons (Fsp3) is 0.900. The van der Waals surface area contributed by atoms with Gasteiger partial charge in [-0.05, 0) is 5.92 Å². The number of carbonyl (C=O) groups is 1. The molecule has 1 rings (SSSR count). The standard InChI is InChI=1S/C10H19NO/c1-8(2)6-11-5-4-10(12)9(3)7-11/h8-9H,4-7H2,1-3H3. The van der Waals surface area contributed by atoms with Gasteiger partial charge in [0.1, 0.15) is 5.78 Å². The molecule has 0 radical (unpaired) electrons. The molecule has 1 aliphatic heterocycles. The van der Waals surface area contributed by atoms with Gasteiger partial charge in [0, 0.05) is 32.0 Å². The molecule has 0 aromatic carbocycles. The van der Waals surface area contributed by atoms with E-state index in [1.165, 1.54) is 0 Å². The molecule has 1 aliphatic rings. The van der Waals surface area contributed by atoms with Crippen LogP contribution in [-0.4, -0.2) is 30.3 Å². The molecule has 1 fully saturated rings. The lowest BCUT2D eigenvalue weighted by Gasteiger charge is -2.31. The quantitative estimate of drug-likeness (QED) is 0.625. The van der Waals surface area contributed by atoms with E-state index in [4.69, 9.17) is 0 Å². The summed E-state index contributed by atoms with van der Waals surface area (Å²) in [6, 6.07) is 0. The maximum Gasteiger partial charge on any atom is 0.138 e. The van der Waals surface area contributed by atoms with E-state index in [1.807, 2.05) is 6.92 Å². The maximum atomic E-state index is 11.2. The number of Topliss-reactive ketones (excluding diaryl/α,β-unsaturated/α-hetero) is 1. The van der Waals surface area contributed by atoms with Gasteiger partial charge in [-0.15, -0.1) is 0 Å². The van der Waals surface area contributed by atoms with E-state index < -0.39 is 0 Å². The van der Waals surface area contributed by atoms with E-state index in [2.05, 4.69) is 18.7 Å². The van der Waals surface area contributed by atoms with Gasteiger partial charge in [-0.1, -0.05) is 20.8 Å². The van der Waals surface area contributed by atoms with Crippen LogP contribution < -0.4 is 0 Å². The average molecular weight is 169 g/mol. The topological polar surface area (TPSA) is 20.3 Å². The Hall–Kier alpha value is -0.370. The Morgan fingerprint density at radius 2 is 2.25 bits per heavy atom. The second kappa shape index (κ2) is 4.04. The zero-order valence-electron chi connectivity index (χ0n) is 8.34. The van der Waals surface area contributed by atoms with Crippen LogP contribution in [0.4, 0.5) is 0 Å². The smallest absolute Gasteiger partial charge is 0.138 e. The van der Waals surface area contributed by atoms with Crippen molar-refractivity contribution in [1.82, 2.24) is 4.90 Å². The minimum absolute atomic E-state index is 0.262. The molecule has 2 heteroatoms. The van der Waals surface area contributed by atoms with Crippen LogP contribution in [0.3, 0.4) is 0 Å². The molecule has 1 atom stereocenters. The summed E-state index contributed by atoms with van der Waals surface area (Å²) < 4.78 is 0. The Balaban J connectivity index is 2.35. The molecule has 0 aliphatic carbocycles. The Morgan fingerprint density at radius 1 is 1.58 bits per heavy atom. The fourth-order valence-corrected chi connectivity index (χ4v) is 1.78. The number of piperidine rings is 1. The Labute approximate surface area is 74.9 Å². The highest BCUT2D eigenvalue weighted by Gasteiger charge is 2.23. The van der Waals surface area contributed by atoms with Gasteiger partial charge in [0.2, 0.25) is 0 Å². The van der Waals surface area contributed by atoms with Gasteiger partial charge in [0.15, 0.2) is 0 Å². The lowest BCUT2D eigenvalue weighted by molar-refractivity contribution is -0.125. The first-order valence-corrected chi connectivity index (χ1v) is 4.84. The molecule has 70 valence electrons. The molecular weight excluding hydrogens is 150 g/mol. The molecule has 0 amide bonds. The van der Waals surface area contributed by atoms with E-state index in [0.29, 0.717) is 11.7 Å².